The topological polar surface area (TPSA) is 150 Å². The lowest BCUT2D eigenvalue weighted by atomic mass is 9.97. The first-order valence-corrected chi connectivity index (χ1v) is 19.6. The molecule has 290 valence electrons. The van der Waals surface area contributed by atoms with Crippen LogP contribution in [0.15, 0.2) is 83.8 Å². The third-order valence-electron chi connectivity index (χ3n) is 11.8. The zero-order valence-electron chi connectivity index (χ0n) is 31.2. The average Bonchev–Trinajstić information content (AvgIpc) is 3.88. The van der Waals surface area contributed by atoms with E-state index in [1.54, 1.807) is 18.2 Å². The highest BCUT2D eigenvalue weighted by molar-refractivity contribution is 5.99. The van der Waals surface area contributed by atoms with Gasteiger partial charge in [0, 0.05) is 64.7 Å². The van der Waals surface area contributed by atoms with E-state index in [1.165, 1.54) is 6.07 Å². The molecule has 4 aliphatic rings. The maximum Gasteiger partial charge on any atom is 0.280 e. The number of pyridine rings is 1. The first-order valence-electron chi connectivity index (χ1n) is 19.6. The smallest absolute Gasteiger partial charge is 0.280 e. The molecule has 0 spiro atoms. The number of rotatable bonds is 8. The van der Waals surface area contributed by atoms with Gasteiger partial charge in [0.25, 0.3) is 11.5 Å². The van der Waals surface area contributed by atoms with Gasteiger partial charge >= 0.3 is 0 Å². The first-order chi connectivity index (χ1) is 27.9. The van der Waals surface area contributed by atoms with E-state index < -0.39 is 11.9 Å². The molecule has 0 saturated carbocycles. The van der Waals surface area contributed by atoms with Crippen molar-refractivity contribution in [2.75, 3.05) is 67.1 Å². The Hall–Kier alpha value is -6.29. The minimum atomic E-state index is -0.861. The van der Waals surface area contributed by atoms with Crippen molar-refractivity contribution in [3.8, 4) is 11.4 Å². The molecule has 16 heteroatoms. The number of halogens is 1. The van der Waals surface area contributed by atoms with E-state index >= 15 is 0 Å². The van der Waals surface area contributed by atoms with Gasteiger partial charge in [-0.3, -0.25) is 24.6 Å². The molecule has 4 fully saturated rings. The molecule has 4 saturated heterocycles. The summed E-state index contributed by atoms with van der Waals surface area (Å²) in [4.78, 5) is 56.9. The van der Waals surface area contributed by atoms with Crippen LogP contribution in [0.1, 0.15) is 43.3 Å². The van der Waals surface area contributed by atoms with Gasteiger partial charge in [-0.05, 0) is 73.4 Å². The summed E-state index contributed by atoms with van der Waals surface area (Å²) in [5, 5.41) is 16.1. The molecule has 4 aliphatic heterocycles. The van der Waals surface area contributed by atoms with Gasteiger partial charge in [0.2, 0.25) is 5.91 Å². The number of hydrogen-bond donors (Lipinski definition) is 1. The average molecular weight is 769 g/mol. The largest absolute Gasteiger partial charge is 0.370 e. The molecule has 0 radical (unpaired) electrons. The summed E-state index contributed by atoms with van der Waals surface area (Å²) in [6, 6.07) is 21.7. The van der Waals surface area contributed by atoms with E-state index in [-0.39, 0.29) is 36.2 Å². The Morgan fingerprint density at radius 3 is 2.51 bits per heavy atom. The molecule has 4 aromatic heterocycles. The number of carbonyl (C=O) groups excluding carboxylic acids is 2. The SMILES string of the molecule is O=C1CCC(n2nnc3cccc(N4CC(CN5CCN(c6cccc(-c7cnc8ccc(N9CCCC9c9cccc(F)c9)nn78)n6)CC5)C4)c3c2=O)C(=O)N1. The van der Waals surface area contributed by atoms with Crippen LogP contribution in [-0.4, -0.2) is 104 Å². The van der Waals surface area contributed by atoms with Crippen molar-refractivity contribution < 1.29 is 14.0 Å². The van der Waals surface area contributed by atoms with E-state index in [2.05, 4.69) is 46.3 Å². The van der Waals surface area contributed by atoms with E-state index in [0.29, 0.717) is 16.8 Å². The first kappa shape index (κ1) is 35.1. The van der Waals surface area contributed by atoms with Gasteiger partial charge in [-0.15, -0.1) is 10.2 Å². The zero-order valence-corrected chi connectivity index (χ0v) is 31.2. The third kappa shape index (κ3) is 6.52. The second kappa shape index (κ2) is 14.3. The summed E-state index contributed by atoms with van der Waals surface area (Å²) in [6.45, 7) is 6.93. The molecule has 2 atom stereocenters. The fraction of sp³-hybridized carbons (Fsp3) is 0.366. The summed E-state index contributed by atoms with van der Waals surface area (Å²) >= 11 is 0. The van der Waals surface area contributed by atoms with Gasteiger partial charge in [-0.25, -0.2) is 18.9 Å². The highest BCUT2D eigenvalue weighted by Gasteiger charge is 2.34. The zero-order chi connectivity index (χ0) is 38.6. The number of carbonyl (C=O) groups is 2. The Balaban J connectivity index is 0.785. The number of imidazole rings is 1. The Morgan fingerprint density at radius 1 is 0.825 bits per heavy atom. The van der Waals surface area contributed by atoms with Gasteiger partial charge in [0.15, 0.2) is 5.65 Å². The molecule has 1 N–H and O–H groups in total. The molecule has 2 amide bonds. The summed E-state index contributed by atoms with van der Waals surface area (Å²) in [5.74, 6) is 1.09. The number of aromatic nitrogens is 7. The molecule has 8 heterocycles. The summed E-state index contributed by atoms with van der Waals surface area (Å²) in [6.07, 6.45) is 4.14. The van der Waals surface area contributed by atoms with Crippen molar-refractivity contribution in [3.63, 3.8) is 0 Å². The van der Waals surface area contributed by atoms with Gasteiger partial charge < -0.3 is 14.7 Å². The number of fused-ring (bicyclic) bond motifs is 2. The number of imide groups is 1. The van der Waals surface area contributed by atoms with E-state index in [1.807, 2.05) is 53.2 Å². The van der Waals surface area contributed by atoms with Crippen molar-refractivity contribution >= 4 is 45.7 Å². The molecule has 0 aliphatic carbocycles. The Labute approximate surface area is 326 Å². The lowest BCUT2D eigenvalue weighted by Crippen LogP contribution is -2.55. The molecular formula is C41H41FN12O3. The minimum absolute atomic E-state index is 0.0637. The van der Waals surface area contributed by atoms with Gasteiger partial charge in [-0.1, -0.05) is 29.5 Å². The second-order valence-electron chi connectivity index (χ2n) is 15.4. The van der Waals surface area contributed by atoms with E-state index in [9.17, 15) is 18.8 Å². The van der Waals surface area contributed by atoms with E-state index in [0.717, 1.165) is 110 Å². The van der Waals surface area contributed by atoms with Crippen molar-refractivity contribution in [2.45, 2.75) is 37.8 Å². The number of nitrogens with one attached hydrogen (secondary N) is 1. The van der Waals surface area contributed by atoms with Crippen LogP contribution in [0.4, 0.5) is 21.7 Å². The fourth-order valence-electron chi connectivity index (χ4n) is 8.91. The maximum atomic E-state index is 14.1. The fourth-order valence-corrected chi connectivity index (χ4v) is 8.91. The number of benzene rings is 2. The van der Waals surface area contributed by atoms with Crippen LogP contribution in [0.25, 0.3) is 27.9 Å². The summed E-state index contributed by atoms with van der Waals surface area (Å²) < 4.78 is 17.1. The maximum absolute atomic E-state index is 14.1. The number of piperidine rings is 1. The molecule has 57 heavy (non-hydrogen) atoms. The van der Waals surface area contributed by atoms with Crippen molar-refractivity contribution in [1.29, 1.82) is 0 Å². The molecule has 10 rings (SSSR count). The van der Waals surface area contributed by atoms with Crippen LogP contribution in [0.3, 0.4) is 0 Å². The van der Waals surface area contributed by atoms with Crippen molar-refractivity contribution in [3.05, 3.63) is 101 Å². The Morgan fingerprint density at radius 2 is 1.67 bits per heavy atom. The molecular weight excluding hydrogens is 728 g/mol. The lowest BCUT2D eigenvalue weighted by molar-refractivity contribution is -0.136. The number of piperazine rings is 1. The number of amides is 2. The Bertz CT molecular complexity index is 2580. The Kier molecular flexibility index (Phi) is 8.84. The molecule has 2 aromatic carbocycles. The lowest BCUT2D eigenvalue weighted by Gasteiger charge is -2.45. The minimum Gasteiger partial charge on any atom is -0.370 e. The van der Waals surface area contributed by atoms with Crippen LogP contribution < -0.4 is 25.6 Å². The molecule has 6 aromatic rings. The van der Waals surface area contributed by atoms with Gasteiger partial charge in [-0.2, -0.15) is 4.68 Å². The predicted octanol–water partition coefficient (Wildman–Crippen LogP) is 3.61. The summed E-state index contributed by atoms with van der Waals surface area (Å²) in [7, 11) is 0. The quantitative estimate of drug-likeness (QED) is 0.226. The van der Waals surface area contributed by atoms with Crippen LogP contribution >= 0.6 is 0 Å². The van der Waals surface area contributed by atoms with Crippen LogP contribution in [0.5, 0.6) is 0 Å². The molecule has 2 unspecified atom stereocenters. The highest BCUT2D eigenvalue weighted by Crippen LogP contribution is 2.36. The van der Waals surface area contributed by atoms with Gasteiger partial charge in [0.1, 0.15) is 34.7 Å². The standard InChI is InChI=1S/C41H41FN12O3/c42-28-6-1-5-27(21-28)31-10-4-16-52(31)37-14-13-35-43-22-34(53(35)47-37)29-7-3-11-36(44-29)50-19-17-49(18-20-50)23-26-24-51(25-26)32-9-2-8-30-39(32)41(57)54(48-46-30)33-12-15-38(55)45-40(33)56/h1-3,5-9,11,13-14,21-22,26,31,33H,4,10,12,15-20,23-25H2,(H,45,55,56). The normalized spacial score (nSPS) is 20.8. The van der Waals surface area contributed by atoms with Crippen molar-refractivity contribution in [1.82, 2.24) is 44.8 Å². The monoisotopic (exact) mass is 768 g/mol. The molecule has 15 nitrogen and oxygen atoms in total. The van der Waals surface area contributed by atoms with Crippen LogP contribution in [-0.2, 0) is 9.59 Å². The number of anilines is 3. The third-order valence-corrected chi connectivity index (χ3v) is 11.8. The van der Waals surface area contributed by atoms with Crippen molar-refractivity contribution in [2.24, 2.45) is 5.92 Å². The van der Waals surface area contributed by atoms with Crippen LogP contribution in [0.2, 0.25) is 0 Å². The highest BCUT2D eigenvalue weighted by atomic mass is 19.1. The predicted molar refractivity (Wildman–Crippen MR) is 212 cm³/mol. The second-order valence-corrected chi connectivity index (χ2v) is 15.4. The van der Waals surface area contributed by atoms with E-state index in [4.69, 9.17) is 10.1 Å². The van der Waals surface area contributed by atoms with Crippen LogP contribution in [0, 0.1) is 11.7 Å². The number of hydrogen-bond acceptors (Lipinski definition) is 12. The summed E-state index contributed by atoms with van der Waals surface area (Å²) in [5.41, 5.74) is 4.22. The van der Waals surface area contributed by atoms with Gasteiger partial charge in [0.05, 0.1) is 29.0 Å². The number of nitrogens with zero attached hydrogens (tertiary/aromatic N) is 11. The molecule has 0 bridgehead atoms.